The number of nitrogens with zero attached hydrogens (tertiary/aromatic N) is 4. The van der Waals surface area contributed by atoms with Gasteiger partial charge in [0.25, 0.3) is 0 Å². The van der Waals surface area contributed by atoms with Crippen molar-refractivity contribution >= 4 is 22.4 Å². The number of ether oxygens (including phenoxy) is 1. The van der Waals surface area contributed by atoms with E-state index in [1.54, 1.807) is 28.4 Å². The fourth-order valence-corrected chi connectivity index (χ4v) is 3.86. The van der Waals surface area contributed by atoms with Gasteiger partial charge in [0.05, 0.1) is 13.7 Å². The van der Waals surface area contributed by atoms with Crippen molar-refractivity contribution in [2.45, 2.75) is 13.5 Å². The van der Waals surface area contributed by atoms with Gasteiger partial charge in [0.1, 0.15) is 0 Å². The molecule has 0 spiro atoms. The lowest BCUT2D eigenvalue weighted by atomic mass is 10.2. The van der Waals surface area contributed by atoms with Crippen molar-refractivity contribution in [1.82, 2.24) is 14.8 Å². The van der Waals surface area contributed by atoms with Crippen LogP contribution in [0.4, 0.5) is 9.52 Å². The Morgan fingerprint density at radius 3 is 2.70 bits per heavy atom. The molecule has 0 aliphatic carbocycles. The van der Waals surface area contributed by atoms with Gasteiger partial charge in [-0.05, 0) is 24.6 Å². The van der Waals surface area contributed by atoms with E-state index < -0.39 is 5.82 Å². The molecular weight excluding hydrogens is 367 g/mol. The van der Waals surface area contributed by atoms with Gasteiger partial charge in [-0.25, -0.2) is 9.37 Å². The predicted molar refractivity (Wildman–Crippen MR) is 105 cm³/mol. The number of thiazole rings is 1. The van der Waals surface area contributed by atoms with Gasteiger partial charge >= 0.3 is 0 Å². The molecule has 1 saturated heterocycles. The Balaban J connectivity index is 1.52. The molecule has 1 fully saturated rings. The van der Waals surface area contributed by atoms with Crippen molar-refractivity contribution in [3.63, 3.8) is 0 Å². The van der Waals surface area contributed by atoms with Gasteiger partial charge < -0.3 is 14.5 Å². The number of likely N-dealkylation sites (N-methyl/N-ethyl adjacent to an activating group) is 1. The summed E-state index contributed by atoms with van der Waals surface area (Å²) in [5.74, 6) is -0.125. The maximum atomic E-state index is 13.9. The SMILES string of the molecule is CCN(Cc1ccc(OC)c(F)c1)C(=O)CN1CCN(c2nccs2)CC1. The van der Waals surface area contributed by atoms with Gasteiger partial charge in [-0.1, -0.05) is 6.07 Å². The highest BCUT2D eigenvalue weighted by Crippen LogP contribution is 2.20. The fourth-order valence-electron chi connectivity index (χ4n) is 3.17. The number of carbonyl (C=O) groups excluding carboxylic acids is 1. The molecule has 0 bridgehead atoms. The number of anilines is 1. The highest BCUT2D eigenvalue weighted by Gasteiger charge is 2.22. The summed E-state index contributed by atoms with van der Waals surface area (Å²) in [6.45, 7) is 6.73. The second kappa shape index (κ2) is 9.14. The third kappa shape index (κ3) is 4.95. The molecule has 146 valence electrons. The van der Waals surface area contributed by atoms with Crippen LogP contribution >= 0.6 is 11.3 Å². The molecule has 8 heteroatoms. The fraction of sp³-hybridized carbons (Fsp3) is 0.474. The molecule has 1 amide bonds. The Morgan fingerprint density at radius 1 is 1.33 bits per heavy atom. The summed E-state index contributed by atoms with van der Waals surface area (Å²) in [6, 6.07) is 4.83. The molecule has 0 saturated carbocycles. The molecule has 3 rings (SSSR count). The minimum absolute atomic E-state index is 0.0661. The number of rotatable bonds is 7. The number of methoxy groups -OCH3 is 1. The predicted octanol–water partition coefficient (Wildman–Crippen LogP) is 2.46. The second-order valence-corrected chi connectivity index (χ2v) is 7.33. The molecule has 0 radical (unpaired) electrons. The summed E-state index contributed by atoms with van der Waals surface area (Å²) in [5, 5.41) is 3.02. The molecule has 1 aromatic heterocycles. The molecule has 2 heterocycles. The Bertz CT molecular complexity index is 748. The Hall–Kier alpha value is -2.19. The van der Waals surface area contributed by atoms with Gasteiger partial charge in [0.2, 0.25) is 5.91 Å². The lowest BCUT2D eigenvalue weighted by Crippen LogP contribution is -2.50. The largest absolute Gasteiger partial charge is 0.494 e. The second-order valence-electron chi connectivity index (χ2n) is 6.45. The number of hydrogen-bond acceptors (Lipinski definition) is 6. The van der Waals surface area contributed by atoms with Crippen molar-refractivity contribution in [2.24, 2.45) is 0 Å². The molecule has 27 heavy (non-hydrogen) atoms. The molecule has 1 aromatic carbocycles. The van der Waals surface area contributed by atoms with Crippen LogP contribution in [-0.2, 0) is 11.3 Å². The first-order chi connectivity index (χ1) is 13.1. The summed E-state index contributed by atoms with van der Waals surface area (Å²) in [6.07, 6.45) is 1.82. The van der Waals surface area contributed by atoms with E-state index >= 15 is 0 Å². The third-order valence-corrected chi connectivity index (χ3v) is 5.58. The zero-order valence-corrected chi connectivity index (χ0v) is 16.5. The van der Waals surface area contributed by atoms with Crippen LogP contribution < -0.4 is 9.64 Å². The molecule has 0 atom stereocenters. The zero-order valence-electron chi connectivity index (χ0n) is 15.7. The summed E-state index contributed by atoms with van der Waals surface area (Å²) >= 11 is 1.64. The van der Waals surface area contributed by atoms with Crippen LogP contribution in [0.2, 0.25) is 0 Å². The van der Waals surface area contributed by atoms with Crippen molar-refractivity contribution < 1.29 is 13.9 Å². The van der Waals surface area contributed by atoms with Crippen molar-refractivity contribution in [1.29, 1.82) is 0 Å². The Morgan fingerprint density at radius 2 is 2.11 bits per heavy atom. The van der Waals surface area contributed by atoms with Crippen LogP contribution in [-0.4, -0.2) is 67.1 Å². The first-order valence-electron chi connectivity index (χ1n) is 9.07. The highest BCUT2D eigenvalue weighted by atomic mass is 32.1. The average molecular weight is 393 g/mol. The average Bonchev–Trinajstić information content (AvgIpc) is 3.21. The molecule has 1 aliphatic rings. The Labute approximate surface area is 163 Å². The van der Waals surface area contributed by atoms with Gasteiger partial charge in [-0.15, -0.1) is 11.3 Å². The van der Waals surface area contributed by atoms with E-state index in [9.17, 15) is 9.18 Å². The van der Waals surface area contributed by atoms with Crippen LogP contribution in [0.15, 0.2) is 29.8 Å². The standard InChI is InChI=1S/C19H25FN4O2S/c1-3-23(13-15-4-5-17(26-2)16(20)12-15)18(25)14-22-7-9-24(10-8-22)19-21-6-11-27-19/h4-6,11-12H,3,7-10,13-14H2,1-2H3. The van der Waals surface area contributed by atoms with E-state index in [1.807, 2.05) is 18.5 Å². The van der Waals surface area contributed by atoms with E-state index in [4.69, 9.17) is 4.74 Å². The van der Waals surface area contributed by atoms with Crippen molar-refractivity contribution in [3.8, 4) is 5.75 Å². The topological polar surface area (TPSA) is 48.9 Å². The number of hydrogen-bond donors (Lipinski definition) is 0. The molecule has 2 aromatic rings. The lowest BCUT2D eigenvalue weighted by molar-refractivity contribution is -0.132. The summed E-state index contributed by atoms with van der Waals surface area (Å²) < 4.78 is 18.8. The molecule has 0 N–H and O–H groups in total. The first-order valence-corrected chi connectivity index (χ1v) is 9.95. The number of benzene rings is 1. The minimum Gasteiger partial charge on any atom is -0.494 e. The Kier molecular flexibility index (Phi) is 6.63. The van der Waals surface area contributed by atoms with Gasteiger partial charge in [-0.3, -0.25) is 9.69 Å². The van der Waals surface area contributed by atoms with E-state index in [0.29, 0.717) is 19.6 Å². The van der Waals surface area contributed by atoms with Crippen LogP contribution in [0.5, 0.6) is 5.75 Å². The molecule has 1 aliphatic heterocycles. The molecule has 0 unspecified atom stereocenters. The molecular formula is C19H25FN4O2S. The van der Waals surface area contributed by atoms with E-state index in [1.165, 1.54) is 13.2 Å². The van der Waals surface area contributed by atoms with E-state index in [2.05, 4.69) is 14.8 Å². The normalized spacial score (nSPS) is 15.0. The van der Waals surface area contributed by atoms with Crippen LogP contribution in [0.25, 0.3) is 0 Å². The van der Waals surface area contributed by atoms with E-state index in [0.717, 1.165) is 36.9 Å². The maximum Gasteiger partial charge on any atom is 0.237 e. The van der Waals surface area contributed by atoms with Crippen molar-refractivity contribution in [2.75, 3.05) is 51.3 Å². The summed E-state index contributed by atoms with van der Waals surface area (Å²) in [5.41, 5.74) is 0.761. The van der Waals surface area contributed by atoms with Crippen LogP contribution in [0.1, 0.15) is 12.5 Å². The van der Waals surface area contributed by atoms with Gasteiger partial charge in [-0.2, -0.15) is 0 Å². The highest BCUT2D eigenvalue weighted by molar-refractivity contribution is 7.13. The summed E-state index contributed by atoms with van der Waals surface area (Å²) in [4.78, 5) is 23.2. The number of carbonyl (C=O) groups is 1. The number of piperazine rings is 1. The number of halogens is 1. The first kappa shape index (κ1) is 19.6. The maximum absolute atomic E-state index is 13.9. The quantitative estimate of drug-likeness (QED) is 0.725. The van der Waals surface area contributed by atoms with Gasteiger partial charge in [0, 0.05) is 50.8 Å². The smallest absolute Gasteiger partial charge is 0.237 e. The monoisotopic (exact) mass is 392 g/mol. The van der Waals surface area contributed by atoms with E-state index in [-0.39, 0.29) is 11.7 Å². The number of aromatic nitrogens is 1. The third-order valence-electron chi connectivity index (χ3n) is 4.75. The van der Waals surface area contributed by atoms with Crippen LogP contribution in [0, 0.1) is 5.82 Å². The molecule has 6 nitrogen and oxygen atoms in total. The van der Waals surface area contributed by atoms with Gasteiger partial charge in [0.15, 0.2) is 16.7 Å². The lowest BCUT2D eigenvalue weighted by Gasteiger charge is -2.35. The number of amides is 1. The minimum atomic E-state index is -0.406. The summed E-state index contributed by atoms with van der Waals surface area (Å²) in [7, 11) is 1.44. The van der Waals surface area contributed by atoms with Crippen molar-refractivity contribution in [3.05, 3.63) is 41.2 Å². The van der Waals surface area contributed by atoms with Crippen LogP contribution in [0.3, 0.4) is 0 Å². The zero-order chi connectivity index (χ0) is 19.2.